The molecule has 8 heteroatoms. The highest BCUT2D eigenvalue weighted by molar-refractivity contribution is 6.00. The molecule has 2 fully saturated rings. The molecule has 2 heterocycles. The van der Waals surface area contributed by atoms with E-state index in [1.165, 1.54) is 5.56 Å². The van der Waals surface area contributed by atoms with Gasteiger partial charge in [-0.05, 0) is 63.3 Å². The third kappa shape index (κ3) is 3.57. The van der Waals surface area contributed by atoms with Crippen LogP contribution >= 0.6 is 0 Å². The molecule has 2 aromatic rings. The number of nitrogens with zero attached hydrogens (tertiary/aromatic N) is 2. The Labute approximate surface area is 181 Å². The SMILES string of the molecule is CCOC(=O)c1cc2cc([C@H]3CCOC(C)(C)C3)ccc2n1C1(/C(N)=N\O)CC1OC. The summed E-state index contributed by atoms with van der Waals surface area (Å²) in [5.41, 5.74) is 7.44. The van der Waals surface area contributed by atoms with Crippen molar-refractivity contribution in [3.8, 4) is 0 Å². The highest BCUT2D eigenvalue weighted by atomic mass is 16.5. The van der Waals surface area contributed by atoms with E-state index in [1.54, 1.807) is 14.0 Å². The summed E-state index contributed by atoms with van der Waals surface area (Å²) in [6.07, 6.45) is 2.10. The van der Waals surface area contributed by atoms with Crippen molar-refractivity contribution in [1.82, 2.24) is 4.57 Å². The molecule has 2 unspecified atom stereocenters. The van der Waals surface area contributed by atoms with Crippen LogP contribution in [0.1, 0.15) is 62.0 Å². The van der Waals surface area contributed by atoms with Gasteiger partial charge in [-0.2, -0.15) is 0 Å². The van der Waals surface area contributed by atoms with Gasteiger partial charge in [-0.1, -0.05) is 11.2 Å². The minimum atomic E-state index is -0.921. The lowest BCUT2D eigenvalue weighted by molar-refractivity contribution is -0.0592. The van der Waals surface area contributed by atoms with E-state index >= 15 is 0 Å². The largest absolute Gasteiger partial charge is 0.461 e. The Balaban J connectivity index is 1.85. The Morgan fingerprint density at radius 2 is 2.13 bits per heavy atom. The highest BCUT2D eigenvalue weighted by Crippen LogP contribution is 2.49. The zero-order valence-corrected chi connectivity index (χ0v) is 18.6. The number of amidine groups is 1. The third-order valence-electron chi connectivity index (χ3n) is 6.58. The van der Waals surface area contributed by atoms with Crippen molar-refractivity contribution in [1.29, 1.82) is 0 Å². The van der Waals surface area contributed by atoms with Gasteiger partial charge in [0.15, 0.2) is 5.84 Å². The molecule has 1 saturated heterocycles. The van der Waals surface area contributed by atoms with Crippen LogP contribution in [0, 0.1) is 0 Å². The first-order valence-electron chi connectivity index (χ1n) is 10.7. The van der Waals surface area contributed by atoms with Crippen LogP contribution < -0.4 is 5.73 Å². The zero-order valence-electron chi connectivity index (χ0n) is 18.6. The van der Waals surface area contributed by atoms with Gasteiger partial charge in [-0.15, -0.1) is 0 Å². The zero-order chi connectivity index (χ0) is 22.4. The first kappa shape index (κ1) is 21.6. The van der Waals surface area contributed by atoms with Gasteiger partial charge >= 0.3 is 5.97 Å². The molecule has 168 valence electrons. The number of nitrogens with two attached hydrogens (primary N) is 1. The molecule has 1 saturated carbocycles. The lowest BCUT2D eigenvalue weighted by atomic mass is 9.83. The van der Waals surface area contributed by atoms with E-state index in [1.807, 2.05) is 16.7 Å². The molecular formula is C23H31N3O5. The molecule has 1 aromatic carbocycles. The number of aromatic nitrogens is 1. The number of fused-ring (bicyclic) bond motifs is 1. The van der Waals surface area contributed by atoms with E-state index in [2.05, 4.69) is 31.1 Å². The summed E-state index contributed by atoms with van der Waals surface area (Å²) >= 11 is 0. The lowest BCUT2D eigenvalue weighted by Gasteiger charge is -2.35. The Hall–Kier alpha value is -2.58. The molecule has 8 nitrogen and oxygen atoms in total. The summed E-state index contributed by atoms with van der Waals surface area (Å²) in [7, 11) is 1.58. The quantitative estimate of drug-likeness (QED) is 0.240. The number of benzene rings is 1. The lowest BCUT2D eigenvalue weighted by Crippen LogP contribution is -2.39. The second kappa shape index (κ2) is 7.84. The van der Waals surface area contributed by atoms with Crippen molar-refractivity contribution in [2.24, 2.45) is 10.9 Å². The average molecular weight is 430 g/mol. The van der Waals surface area contributed by atoms with Crippen LogP contribution in [0.2, 0.25) is 0 Å². The molecule has 31 heavy (non-hydrogen) atoms. The molecule has 3 N–H and O–H groups in total. The maximum atomic E-state index is 12.8. The average Bonchev–Trinajstić information content (AvgIpc) is 3.36. The Morgan fingerprint density at radius 3 is 2.74 bits per heavy atom. The fourth-order valence-electron chi connectivity index (χ4n) is 5.00. The fourth-order valence-corrected chi connectivity index (χ4v) is 5.00. The van der Waals surface area contributed by atoms with E-state index in [0.717, 1.165) is 30.4 Å². The van der Waals surface area contributed by atoms with E-state index < -0.39 is 11.5 Å². The normalized spacial score (nSPS) is 27.9. The van der Waals surface area contributed by atoms with E-state index in [-0.39, 0.29) is 24.1 Å². The standard InChI is InChI=1S/C23H31N3O5/c1-5-30-20(27)18-11-16-10-14(15-8-9-31-22(2,3)12-15)6-7-17(16)26(18)23(21(24)25-28)13-19(23)29-4/h6-7,10-11,15,19,28H,5,8-9,12-13H2,1-4H3,(H2,24,25)/t15-,19?,23?/m0/s1. The van der Waals surface area contributed by atoms with Crippen molar-refractivity contribution >= 4 is 22.7 Å². The summed E-state index contributed by atoms with van der Waals surface area (Å²) < 4.78 is 18.6. The van der Waals surface area contributed by atoms with Crippen LogP contribution in [0.25, 0.3) is 10.9 Å². The number of methoxy groups -OCH3 is 1. The summed E-state index contributed by atoms with van der Waals surface area (Å²) in [6.45, 7) is 6.99. The smallest absolute Gasteiger partial charge is 0.355 e. The number of esters is 1. The number of ether oxygens (including phenoxy) is 3. The molecule has 4 rings (SSSR count). The summed E-state index contributed by atoms with van der Waals surface area (Å²) in [4.78, 5) is 12.8. The molecule has 1 aliphatic carbocycles. The molecule has 1 aliphatic heterocycles. The van der Waals surface area contributed by atoms with Crippen LogP contribution in [0.5, 0.6) is 0 Å². The second-order valence-electron chi connectivity index (χ2n) is 9.04. The van der Waals surface area contributed by atoms with Gasteiger partial charge in [-0.3, -0.25) is 0 Å². The topological polar surface area (TPSA) is 108 Å². The number of carbonyl (C=O) groups excluding carboxylic acids is 1. The number of oxime groups is 1. The number of hydrogen-bond donors (Lipinski definition) is 2. The van der Waals surface area contributed by atoms with Crippen molar-refractivity contribution in [2.75, 3.05) is 20.3 Å². The molecule has 3 atom stereocenters. The van der Waals surface area contributed by atoms with E-state index in [4.69, 9.17) is 19.9 Å². The number of carbonyl (C=O) groups is 1. The number of rotatable bonds is 6. The van der Waals surface area contributed by atoms with Gasteiger partial charge in [0.25, 0.3) is 0 Å². The van der Waals surface area contributed by atoms with Crippen LogP contribution in [0.15, 0.2) is 29.4 Å². The van der Waals surface area contributed by atoms with Crippen LogP contribution in [0.4, 0.5) is 0 Å². The van der Waals surface area contributed by atoms with Gasteiger partial charge in [0, 0.05) is 31.0 Å². The van der Waals surface area contributed by atoms with Crippen LogP contribution in [-0.4, -0.2) is 53.6 Å². The van der Waals surface area contributed by atoms with E-state index in [9.17, 15) is 10.0 Å². The van der Waals surface area contributed by atoms with Crippen molar-refractivity contribution in [3.63, 3.8) is 0 Å². The summed E-state index contributed by atoms with van der Waals surface area (Å²) in [5.74, 6) is -0.0507. The molecule has 2 aliphatic rings. The first-order valence-corrected chi connectivity index (χ1v) is 10.7. The van der Waals surface area contributed by atoms with E-state index in [0.29, 0.717) is 18.0 Å². The number of hydrogen-bond acceptors (Lipinski definition) is 6. The van der Waals surface area contributed by atoms with Crippen LogP contribution in [0.3, 0.4) is 0 Å². The van der Waals surface area contributed by atoms with Crippen molar-refractivity contribution in [3.05, 3.63) is 35.5 Å². The Morgan fingerprint density at radius 1 is 1.35 bits per heavy atom. The maximum absolute atomic E-state index is 12.8. The summed E-state index contributed by atoms with van der Waals surface area (Å²) in [6, 6.07) is 8.07. The van der Waals surface area contributed by atoms with Gasteiger partial charge in [-0.25, -0.2) is 4.79 Å². The predicted octanol–water partition coefficient (Wildman–Crippen LogP) is 3.35. The molecule has 0 radical (unpaired) electrons. The molecule has 1 aromatic heterocycles. The minimum Gasteiger partial charge on any atom is -0.461 e. The molecule has 0 bridgehead atoms. The first-order chi connectivity index (χ1) is 14.8. The van der Waals surface area contributed by atoms with Gasteiger partial charge < -0.3 is 29.7 Å². The van der Waals surface area contributed by atoms with Gasteiger partial charge in [0.1, 0.15) is 11.2 Å². The molecular weight excluding hydrogens is 398 g/mol. The predicted molar refractivity (Wildman–Crippen MR) is 117 cm³/mol. The Kier molecular flexibility index (Phi) is 5.47. The monoisotopic (exact) mass is 429 g/mol. The van der Waals surface area contributed by atoms with Gasteiger partial charge in [0.05, 0.1) is 18.3 Å². The molecule has 0 amide bonds. The minimum absolute atomic E-state index is 0.0117. The Bertz CT molecular complexity index is 1030. The van der Waals surface area contributed by atoms with Crippen molar-refractivity contribution in [2.45, 2.75) is 63.2 Å². The van der Waals surface area contributed by atoms with Crippen molar-refractivity contribution < 1.29 is 24.2 Å². The second-order valence-corrected chi connectivity index (χ2v) is 9.04. The third-order valence-corrected chi connectivity index (χ3v) is 6.58. The highest BCUT2D eigenvalue weighted by Gasteiger charge is 2.62. The van der Waals surface area contributed by atoms with Gasteiger partial charge in [0.2, 0.25) is 0 Å². The molecule has 0 spiro atoms. The fraction of sp³-hybridized carbons (Fsp3) is 0.565. The summed E-state index contributed by atoms with van der Waals surface area (Å²) in [5, 5.41) is 13.6. The maximum Gasteiger partial charge on any atom is 0.355 e. The van der Waals surface area contributed by atoms with Crippen LogP contribution in [-0.2, 0) is 19.7 Å².